The molecule has 1 rings (SSSR count). The molecule has 0 aromatic rings. The second kappa shape index (κ2) is 7.31. The topological polar surface area (TPSA) is 18.5 Å². The third-order valence-electron chi connectivity index (χ3n) is 3.27. The summed E-state index contributed by atoms with van der Waals surface area (Å²) in [6.45, 7) is 3.32. The van der Waals surface area contributed by atoms with E-state index in [1.807, 2.05) is 19.0 Å². The zero-order chi connectivity index (χ0) is 13.6. The molecule has 1 aliphatic rings. The lowest BCUT2D eigenvalue weighted by Gasteiger charge is -2.25. The lowest BCUT2D eigenvalue weighted by Crippen LogP contribution is -2.38. The summed E-state index contributed by atoms with van der Waals surface area (Å²) in [5.74, 6) is -1.23. The van der Waals surface area contributed by atoms with Crippen LogP contribution in [0.15, 0.2) is 0 Å². The van der Waals surface area contributed by atoms with Crippen molar-refractivity contribution in [2.24, 2.45) is 5.92 Å². The van der Waals surface area contributed by atoms with Gasteiger partial charge in [0, 0.05) is 26.2 Å². The molecule has 0 radical (unpaired) electrons. The van der Waals surface area contributed by atoms with Crippen molar-refractivity contribution in [1.29, 1.82) is 0 Å². The fourth-order valence-corrected chi connectivity index (χ4v) is 2.17. The van der Waals surface area contributed by atoms with Crippen LogP contribution in [-0.2, 0) is 0 Å². The van der Waals surface area contributed by atoms with E-state index in [0.29, 0.717) is 13.1 Å². The van der Waals surface area contributed by atoms with E-state index in [0.717, 1.165) is 25.9 Å². The average Bonchev–Trinajstić information content (AvgIpc) is 2.48. The number of halogens is 3. The van der Waals surface area contributed by atoms with Gasteiger partial charge >= 0.3 is 6.18 Å². The Bertz CT molecular complexity index is 231. The summed E-state index contributed by atoms with van der Waals surface area (Å²) >= 11 is 0. The van der Waals surface area contributed by atoms with Crippen LogP contribution in [0.2, 0.25) is 0 Å². The molecular formula is C12H24F3N3. The molecule has 0 spiro atoms. The van der Waals surface area contributed by atoms with E-state index in [2.05, 4.69) is 10.2 Å². The Kier molecular flexibility index (Phi) is 6.38. The first-order valence-electron chi connectivity index (χ1n) is 6.54. The third kappa shape index (κ3) is 6.02. The summed E-state index contributed by atoms with van der Waals surface area (Å²) in [6, 6.07) is 0. The van der Waals surface area contributed by atoms with Crippen molar-refractivity contribution >= 4 is 0 Å². The molecule has 0 aromatic heterocycles. The van der Waals surface area contributed by atoms with E-state index >= 15 is 0 Å². The first kappa shape index (κ1) is 15.7. The third-order valence-corrected chi connectivity index (χ3v) is 3.27. The first-order valence-corrected chi connectivity index (χ1v) is 6.54. The number of alkyl halides is 3. The average molecular weight is 267 g/mol. The molecule has 0 aromatic carbocycles. The second-order valence-corrected chi connectivity index (χ2v) is 5.25. The molecular weight excluding hydrogens is 243 g/mol. The Hall–Kier alpha value is -0.330. The molecule has 6 heteroatoms. The van der Waals surface area contributed by atoms with Crippen molar-refractivity contribution < 1.29 is 13.2 Å². The Morgan fingerprint density at radius 2 is 2.00 bits per heavy atom. The van der Waals surface area contributed by atoms with Crippen LogP contribution < -0.4 is 5.32 Å². The van der Waals surface area contributed by atoms with Crippen LogP contribution in [0.5, 0.6) is 0 Å². The molecule has 1 fully saturated rings. The van der Waals surface area contributed by atoms with Gasteiger partial charge in [-0.3, -0.25) is 0 Å². The maximum Gasteiger partial charge on any atom is 0.394 e. The van der Waals surface area contributed by atoms with E-state index in [1.54, 1.807) is 0 Å². The number of hydrogen-bond donors (Lipinski definition) is 1. The smallest absolute Gasteiger partial charge is 0.315 e. The molecule has 18 heavy (non-hydrogen) atoms. The van der Waals surface area contributed by atoms with Gasteiger partial charge in [0.15, 0.2) is 0 Å². The minimum atomic E-state index is -4.08. The van der Waals surface area contributed by atoms with Crippen LogP contribution in [0.4, 0.5) is 13.2 Å². The molecule has 1 unspecified atom stereocenters. The molecule has 3 nitrogen and oxygen atoms in total. The van der Waals surface area contributed by atoms with Crippen LogP contribution in [0.1, 0.15) is 12.8 Å². The highest BCUT2D eigenvalue weighted by molar-refractivity contribution is 4.78. The first-order chi connectivity index (χ1) is 8.39. The van der Waals surface area contributed by atoms with E-state index < -0.39 is 12.1 Å². The maximum absolute atomic E-state index is 12.7. The van der Waals surface area contributed by atoms with Gasteiger partial charge in [0.2, 0.25) is 0 Å². The van der Waals surface area contributed by atoms with Crippen molar-refractivity contribution in [2.75, 3.05) is 53.4 Å². The Labute approximate surface area is 107 Å². The molecule has 0 aliphatic carbocycles. The quantitative estimate of drug-likeness (QED) is 0.760. The summed E-state index contributed by atoms with van der Waals surface area (Å²) in [5, 5.41) is 2.87. The highest BCUT2D eigenvalue weighted by Gasteiger charge is 2.40. The monoisotopic (exact) mass is 267 g/mol. The summed E-state index contributed by atoms with van der Waals surface area (Å²) < 4.78 is 38.1. The van der Waals surface area contributed by atoms with Gasteiger partial charge in [0.05, 0.1) is 5.92 Å². The van der Waals surface area contributed by atoms with Crippen molar-refractivity contribution in [2.45, 2.75) is 19.0 Å². The van der Waals surface area contributed by atoms with Crippen LogP contribution in [0.25, 0.3) is 0 Å². The van der Waals surface area contributed by atoms with Crippen molar-refractivity contribution in [3.63, 3.8) is 0 Å². The van der Waals surface area contributed by atoms with E-state index in [4.69, 9.17) is 0 Å². The molecule has 1 saturated heterocycles. The van der Waals surface area contributed by atoms with Gasteiger partial charge in [-0.1, -0.05) is 0 Å². The normalized spacial score (nSPS) is 23.3. The van der Waals surface area contributed by atoms with Crippen molar-refractivity contribution in [1.82, 2.24) is 15.1 Å². The summed E-state index contributed by atoms with van der Waals surface area (Å²) in [4.78, 5) is 4.04. The van der Waals surface area contributed by atoms with Crippen LogP contribution in [0, 0.1) is 5.92 Å². The van der Waals surface area contributed by atoms with E-state index in [1.165, 1.54) is 0 Å². The van der Waals surface area contributed by atoms with E-state index in [9.17, 15) is 13.2 Å². The summed E-state index contributed by atoms with van der Waals surface area (Å²) in [5.41, 5.74) is 0. The lowest BCUT2D eigenvalue weighted by atomic mass is 10.1. The van der Waals surface area contributed by atoms with E-state index in [-0.39, 0.29) is 13.1 Å². The van der Waals surface area contributed by atoms with Gasteiger partial charge in [0.1, 0.15) is 0 Å². The number of nitrogens with one attached hydrogen (secondary N) is 1. The SMILES string of the molecule is CN(C)CCCCN1CCNCC(C(F)(F)F)C1. The summed E-state index contributed by atoms with van der Waals surface area (Å²) in [7, 11) is 4.02. The predicted molar refractivity (Wildman–Crippen MR) is 66.6 cm³/mol. The molecule has 0 bridgehead atoms. The largest absolute Gasteiger partial charge is 0.394 e. The standard InChI is InChI=1S/C12H24F3N3/c1-17(2)6-3-4-7-18-8-5-16-9-11(10-18)12(13,14)15/h11,16H,3-10H2,1-2H3. The molecule has 1 atom stereocenters. The van der Waals surface area contributed by atoms with Gasteiger partial charge < -0.3 is 15.1 Å². The van der Waals surface area contributed by atoms with Crippen molar-refractivity contribution in [3.05, 3.63) is 0 Å². The minimum absolute atomic E-state index is 0.0533. The predicted octanol–water partition coefficient (Wildman–Crippen LogP) is 1.41. The fourth-order valence-electron chi connectivity index (χ4n) is 2.17. The van der Waals surface area contributed by atoms with Crippen LogP contribution in [0.3, 0.4) is 0 Å². The maximum atomic E-state index is 12.7. The zero-order valence-corrected chi connectivity index (χ0v) is 11.3. The Morgan fingerprint density at radius 3 is 2.61 bits per heavy atom. The fraction of sp³-hybridized carbons (Fsp3) is 1.00. The molecule has 108 valence electrons. The highest BCUT2D eigenvalue weighted by atomic mass is 19.4. The highest BCUT2D eigenvalue weighted by Crippen LogP contribution is 2.27. The van der Waals surface area contributed by atoms with Crippen LogP contribution in [-0.4, -0.2) is 69.3 Å². The molecule has 1 N–H and O–H groups in total. The Morgan fingerprint density at radius 1 is 1.28 bits per heavy atom. The van der Waals surface area contributed by atoms with Gasteiger partial charge in [-0.25, -0.2) is 0 Å². The minimum Gasteiger partial charge on any atom is -0.315 e. The molecule has 0 saturated carbocycles. The lowest BCUT2D eigenvalue weighted by molar-refractivity contribution is -0.175. The molecule has 1 heterocycles. The summed E-state index contributed by atoms with van der Waals surface area (Å²) in [6.07, 6.45) is -2.09. The Balaban J connectivity index is 2.31. The molecule has 1 aliphatic heterocycles. The zero-order valence-electron chi connectivity index (χ0n) is 11.3. The second-order valence-electron chi connectivity index (χ2n) is 5.25. The number of unbranched alkanes of at least 4 members (excludes halogenated alkanes) is 1. The van der Waals surface area contributed by atoms with Gasteiger partial charge in [-0.15, -0.1) is 0 Å². The van der Waals surface area contributed by atoms with Crippen LogP contribution >= 0.6 is 0 Å². The van der Waals surface area contributed by atoms with Gasteiger partial charge in [-0.05, 0) is 40.0 Å². The van der Waals surface area contributed by atoms with Gasteiger partial charge in [0.25, 0.3) is 0 Å². The molecule has 0 amide bonds. The number of nitrogens with zero attached hydrogens (tertiary/aromatic N) is 2. The number of rotatable bonds is 5. The number of hydrogen-bond acceptors (Lipinski definition) is 3. The van der Waals surface area contributed by atoms with Gasteiger partial charge in [-0.2, -0.15) is 13.2 Å². The van der Waals surface area contributed by atoms with Crippen molar-refractivity contribution in [3.8, 4) is 0 Å².